The van der Waals surface area contributed by atoms with E-state index in [1.54, 1.807) is 6.07 Å². The Morgan fingerprint density at radius 2 is 2.04 bits per heavy atom. The number of rotatable bonds is 4. The molecule has 0 amide bonds. The van der Waals surface area contributed by atoms with Gasteiger partial charge in [-0.1, -0.05) is 44.8 Å². The third-order valence-corrected chi connectivity index (χ3v) is 3.55. The second kappa shape index (κ2) is 7.21. The first kappa shape index (κ1) is 16.9. The minimum absolute atomic E-state index is 0.108. The third-order valence-electron chi connectivity index (χ3n) is 2.73. The maximum Gasteiger partial charge on any atom is 0.367 e. The average Bonchev–Trinajstić information content (AvgIpc) is 2.54. The number of nitrogens with two attached hydrogens (primary N) is 1. The summed E-state index contributed by atoms with van der Waals surface area (Å²) < 4.78 is 0.643. The van der Waals surface area contributed by atoms with Gasteiger partial charge in [0.2, 0.25) is 0 Å². The molecule has 7 nitrogen and oxygen atoms in total. The molecule has 0 saturated heterocycles. The maximum atomic E-state index is 11.9. The van der Waals surface area contributed by atoms with Crippen LogP contribution in [0.15, 0.2) is 52.1 Å². The van der Waals surface area contributed by atoms with Crippen LogP contribution in [0.4, 0.5) is 5.69 Å². The first-order valence-corrected chi connectivity index (χ1v) is 7.30. The molecule has 0 aliphatic carbocycles. The van der Waals surface area contributed by atoms with E-state index in [0.29, 0.717) is 4.47 Å². The molecule has 23 heavy (non-hydrogen) atoms. The summed E-state index contributed by atoms with van der Waals surface area (Å²) in [6, 6.07) is 10.1. The van der Waals surface area contributed by atoms with Gasteiger partial charge in [0.15, 0.2) is 5.84 Å². The van der Waals surface area contributed by atoms with Crippen molar-refractivity contribution < 1.29 is 14.6 Å². The van der Waals surface area contributed by atoms with Gasteiger partial charge < -0.3 is 10.6 Å². The van der Waals surface area contributed by atoms with Gasteiger partial charge in [-0.05, 0) is 18.2 Å². The Bertz CT molecular complexity index is 810. The number of nitro benzene ring substituents is 1. The van der Waals surface area contributed by atoms with Crippen molar-refractivity contribution in [2.45, 2.75) is 0 Å². The Morgan fingerprint density at radius 1 is 1.30 bits per heavy atom. The highest BCUT2D eigenvalue weighted by atomic mass is 79.9. The molecule has 0 aliphatic heterocycles. The molecular weight excluding hydrogens is 390 g/mol. The fourth-order valence-corrected chi connectivity index (χ4v) is 2.18. The van der Waals surface area contributed by atoms with Crippen molar-refractivity contribution in [1.82, 2.24) is 0 Å². The van der Waals surface area contributed by atoms with Gasteiger partial charge in [0.05, 0.1) is 15.5 Å². The molecule has 0 spiro atoms. The lowest BCUT2D eigenvalue weighted by atomic mass is 10.2. The first-order valence-electron chi connectivity index (χ1n) is 6.13. The van der Waals surface area contributed by atoms with Crippen LogP contribution in [-0.2, 0) is 4.84 Å². The molecule has 118 valence electrons. The Balaban J connectivity index is 2.19. The fraction of sp³-hybridized carbons (Fsp3) is 0. The van der Waals surface area contributed by atoms with Crippen molar-refractivity contribution in [3.05, 3.63) is 73.2 Å². The summed E-state index contributed by atoms with van der Waals surface area (Å²) in [7, 11) is 0. The number of amidine groups is 1. The average molecular weight is 399 g/mol. The van der Waals surface area contributed by atoms with Gasteiger partial charge in [-0.3, -0.25) is 10.1 Å². The van der Waals surface area contributed by atoms with E-state index in [-0.39, 0.29) is 27.7 Å². The molecule has 0 radical (unpaired) electrons. The van der Waals surface area contributed by atoms with Crippen molar-refractivity contribution in [3.8, 4) is 0 Å². The standard InChI is InChI=1S/C14H9BrClN3O4/c15-9-4-5-12(16)11(7-9)14(20)23-18-13(17)8-2-1-3-10(6-8)19(21)22/h1-7H,(H2,17,18). The number of halogens is 2. The van der Waals surface area contributed by atoms with Gasteiger partial charge in [-0.15, -0.1) is 0 Å². The number of carbonyl (C=O) groups is 1. The molecule has 2 aromatic rings. The quantitative estimate of drug-likeness (QED) is 0.279. The molecule has 0 aliphatic rings. The topological polar surface area (TPSA) is 108 Å². The molecule has 2 N–H and O–H groups in total. The second-order valence-electron chi connectivity index (χ2n) is 4.29. The zero-order chi connectivity index (χ0) is 17.0. The zero-order valence-corrected chi connectivity index (χ0v) is 13.7. The van der Waals surface area contributed by atoms with Gasteiger partial charge in [0.1, 0.15) is 0 Å². The second-order valence-corrected chi connectivity index (χ2v) is 5.61. The number of carbonyl (C=O) groups excluding carboxylic acids is 1. The molecule has 0 fully saturated rings. The van der Waals surface area contributed by atoms with Gasteiger partial charge in [-0.25, -0.2) is 4.79 Å². The molecular formula is C14H9BrClN3O4. The van der Waals surface area contributed by atoms with Crippen LogP contribution in [-0.4, -0.2) is 16.7 Å². The van der Waals surface area contributed by atoms with Crippen LogP contribution < -0.4 is 5.73 Å². The lowest BCUT2D eigenvalue weighted by Crippen LogP contribution is -2.15. The van der Waals surface area contributed by atoms with E-state index in [4.69, 9.17) is 22.2 Å². The normalized spacial score (nSPS) is 11.1. The summed E-state index contributed by atoms with van der Waals surface area (Å²) in [5.74, 6) is -0.974. The van der Waals surface area contributed by atoms with Crippen LogP contribution in [0.3, 0.4) is 0 Å². The van der Waals surface area contributed by atoms with E-state index in [9.17, 15) is 14.9 Å². The van der Waals surface area contributed by atoms with Crippen molar-refractivity contribution in [3.63, 3.8) is 0 Å². The summed E-state index contributed by atoms with van der Waals surface area (Å²) in [6.07, 6.45) is 0. The maximum absolute atomic E-state index is 11.9. The van der Waals surface area contributed by atoms with Gasteiger partial charge >= 0.3 is 5.97 Å². The first-order chi connectivity index (χ1) is 10.9. The molecule has 0 unspecified atom stereocenters. The number of hydrogen-bond donors (Lipinski definition) is 1. The van der Waals surface area contributed by atoms with E-state index >= 15 is 0 Å². The van der Waals surface area contributed by atoms with Crippen LogP contribution in [0.5, 0.6) is 0 Å². The van der Waals surface area contributed by atoms with Crippen LogP contribution in [0.2, 0.25) is 5.02 Å². The third kappa shape index (κ3) is 4.27. The fourth-order valence-electron chi connectivity index (χ4n) is 1.63. The predicted octanol–water partition coefficient (Wildman–Crippen LogP) is 3.49. The molecule has 0 bridgehead atoms. The molecule has 2 aromatic carbocycles. The number of oxime groups is 1. The van der Waals surface area contributed by atoms with Gasteiger partial charge in [-0.2, -0.15) is 0 Å². The van der Waals surface area contributed by atoms with E-state index in [2.05, 4.69) is 21.1 Å². The highest BCUT2D eigenvalue weighted by Gasteiger charge is 2.14. The Kier molecular flexibility index (Phi) is 5.30. The van der Waals surface area contributed by atoms with E-state index < -0.39 is 10.9 Å². The van der Waals surface area contributed by atoms with Gasteiger partial charge in [0, 0.05) is 22.2 Å². The van der Waals surface area contributed by atoms with Crippen molar-refractivity contribution in [1.29, 1.82) is 0 Å². The monoisotopic (exact) mass is 397 g/mol. The minimum atomic E-state index is -0.801. The molecule has 0 aromatic heterocycles. The molecule has 9 heteroatoms. The number of nitrogens with zero attached hydrogens (tertiary/aromatic N) is 2. The Labute approximate surface area is 144 Å². The van der Waals surface area contributed by atoms with Crippen LogP contribution in [0.1, 0.15) is 15.9 Å². The van der Waals surface area contributed by atoms with Crippen LogP contribution >= 0.6 is 27.5 Å². The summed E-state index contributed by atoms with van der Waals surface area (Å²) in [5.41, 5.74) is 5.88. The molecule has 0 saturated carbocycles. The predicted molar refractivity (Wildman–Crippen MR) is 88.4 cm³/mol. The number of non-ortho nitro benzene ring substituents is 1. The SMILES string of the molecule is N/C(=N/OC(=O)c1cc(Br)ccc1Cl)c1cccc([N+](=O)[O-])c1. The zero-order valence-electron chi connectivity index (χ0n) is 11.4. The number of hydrogen-bond acceptors (Lipinski definition) is 5. The van der Waals surface area contributed by atoms with Crippen molar-refractivity contribution in [2.24, 2.45) is 10.9 Å². The van der Waals surface area contributed by atoms with E-state index in [0.717, 1.165) is 0 Å². The van der Waals surface area contributed by atoms with Crippen LogP contribution in [0.25, 0.3) is 0 Å². The van der Waals surface area contributed by atoms with Crippen molar-refractivity contribution in [2.75, 3.05) is 0 Å². The lowest BCUT2D eigenvalue weighted by molar-refractivity contribution is -0.384. The molecule has 0 atom stereocenters. The highest BCUT2D eigenvalue weighted by Crippen LogP contribution is 2.22. The van der Waals surface area contributed by atoms with Crippen LogP contribution in [0, 0.1) is 10.1 Å². The smallest absolute Gasteiger partial charge is 0.367 e. The molecule has 0 heterocycles. The van der Waals surface area contributed by atoms with E-state index in [1.807, 2.05) is 0 Å². The van der Waals surface area contributed by atoms with Gasteiger partial charge in [0.25, 0.3) is 5.69 Å². The number of benzene rings is 2. The summed E-state index contributed by atoms with van der Waals surface area (Å²) in [5, 5.41) is 14.4. The summed E-state index contributed by atoms with van der Waals surface area (Å²) in [6.45, 7) is 0. The highest BCUT2D eigenvalue weighted by molar-refractivity contribution is 9.10. The minimum Gasteiger partial charge on any atom is -0.380 e. The molecule has 2 rings (SSSR count). The summed E-state index contributed by atoms with van der Waals surface area (Å²) in [4.78, 5) is 26.8. The summed E-state index contributed by atoms with van der Waals surface area (Å²) >= 11 is 9.11. The Morgan fingerprint density at radius 3 is 2.74 bits per heavy atom. The largest absolute Gasteiger partial charge is 0.380 e. The Hall–Kier alpha value is -2.45. The van der Waals surface area contributed by atoms with Crippen molar-refractivity contribution >= 4 is 45.0 Å². The lowest BCUT2D eigenvalue weighted by Gasteiger charge is -2.03. The van der Waals surface area contributed by atoms with E-state index in [1.165, 1.54) is 36.4 Å². The number of nitro groups is 1.